The molecule has 2 aromatic rings. The molecule has 112 valence electrons. The molecule has 8 heteroatoms. The lowest BCUT2D eigenvalue weighted by Crippen LogP contribution is -2.23. The number of rotatable bonds is 7. The van der Waals surface area contributed by atoms with E-state index in [-0.39, 0.29) is 4.90 Å². The summed E-state index contributed by atoms with van der Waals surface area (Å²) in [5, 5.41) is 12.3. The van der Waals surface area contributed by atoms with Crippen molar-refractivity contribution in [1.82, 2.24) is 14.9 Å². The maximum absolute atomic E-state index is 12.2. The first-order valence-electron chi connectivity index (χ1n) is 6.36. The molecule has 2 N–H and O–H groups in total. The van der Waals surface area contributed by atoms with Gasteiger partial charge in [-0.25, -0.2) is 13.1 Å². The summed E-state index contributed by atoms with van der Waals surface area (Å²) >= 11 is 1.30. The van der Waals surface area contributed by atoms with E-state index in [0.29, 0.717) is 28.8 Å². The normalized spacial score (nSPS) is 11.3. The van der Waals surface area contributed by atoms with Gasteiger partial charge in [-0.05, 0) is 6.07 Å². The highest BCUT2D eigenvalue weighted by molar-refractivity contribution is 7.89. The van der Waals surface area contributed by atoms with Crippen LogP contribution in [0.4, 0.5) is 5.13 Å². The molecule has 0 aliphatic carbocycles. The van der Waals surface area contributed by atoms with E-state index in [1.807, 2.05) is 0 Å². The van der Waals surface area contributed by atoms with Crippen LogP contribution in [-0.2, 0) is 10.0 Å². The van der Waals surface area contributed by atoms with Crippen LogP contribution >= 0.6 is 11.3 Å². The lowest BCUT2D eigenvalue weighted by Gasteiger charge is -2.08. The third-order valence-corrected chi connectivity index (χ3v) is 5.08. The Labute approximate surface area is 128 Å². The monoisotopic (exact) mass is 324 g/mol. The second-order valence-electron chi connectivity index (χ2n) is 4.08. The first-order chi connectivity index (χ1) is 10.1. The molecule has 0 aliphatic heterocycles. The van der Waals surface area contributed by atoms with Crippen molar-refractivity contribution in [3.8, 4) is 10.6 Å². The molecule has 1 aromatic heterocycles. The van der Waals surface area contributed by atoms with Crippen molar-refractivity contribution < 1.29 is 8.42 Å². The lowest BCUT2D eigenvalue weighted by molar-refractivity contribution is 0.584. The topological polar surface area (TPSA) is 84.0 Å². The van der Waals surface area contributed by atoms with Crippen molar-refractivity contribution in [3.05, 3.63) is 36.9 Å². The van der Waals surface area contributed by atoms with E-state index in [0.717, 1.165) is 0 Å². The Hall–Kier alpha value is -1.77. The summed E-state index contributed by atoms with van der Waals surface area (Å²) in [6.45, 7) is 6.26. The van der Waals surface area contributed by atoms with E-state index < -0.39 is 10.0 Å². The summed E-state index contributed by atoms with van der Waals surface area (Å²) in [7, 11) is -3.54. The van der Waals surface area contributed by atoms with Crippen LogP contribution in [0.3, 0.4) is 0 Å². The Morgan fingerprint density at radius 2 is 2.10 bits per heavy atom. The lowest BCUT2D eigenvalue weighted by atomic mass is 10.2. The van der Waals surface area contributed by atoms with Gasteiger partial charge in [0.1, 0.15) is 0 Å². The Kier molecular flexibility index (Phi) is 5.05. The van der Waals surface area contributed by atoms with Crippen LogP contribution in [-0.4, -0.2) is 31.7 Å². The van der Waals surface area contributed by atoms with Crippen molar-refractivity contribution in [2.45, 2.75) is 11.8 Å². The molecule has 0 atom stereocenters. The average Bonchev–Trinajstić information content (AvgIpc) is 2.94. The molecule has 0 spiro atoms. The van der Waals surface area contributed by atoms with E-state index in [1.165, 1.54) is 11.3 Å². The predicted octanol–water partition coefficient (Wildman–Crippen LogP) is 2.10. The van der Waals surface area contributed by atoms with Crippen LogP contribution in [0.2, 0.25) is 0 Å². The molecule has 0 unspecified atom stereocenters. The van der Waals surface area contributed by atoms with Gasteiger partial charge in [-0.15, -0.1) is 16.8 Å². The molecule has 0 aliphatic rings. The largest absolute Gasteiger partial charge is 0.357 e. The fraction of sp³-hybridized carbons (Fsp3) is 0.231. The second-order valence-corrected chi connectivity index (χ2v) is 6.79. The standard InChI is InChI=1S/C13H16N4O2S2/c1-3-9-14-13-17-16-12(20-13)10-7-5-6-8-11(10)21(18,19)15-4-2/h3,5-8,15H,1,4,9H2,2H3,(H,14,17). The molecule has 2 rings (SSSR count). The maximum Gasteiger partial charge on any atom is 0.241 e. The van der Waals surface area contributed by atoms with Crippen molar-refractivity contribution >= 4 is 26.5 Å². The van der Waals surface area contributed by atoms with E-state index in [2.05, 4.69) is 26.8 Å². The molecule has 1 aromatic carbocycles. The number of aromatic nitrogens is 2. The number of benzene rings is 1. The average molecular weight is 324 g/mol. The fourth-order valence-corrected chi connectivity index (χ4v) is 3.81. The molecule has 0 saturated heterocycles. The van der Waals surface area contributed by atoms with Gasteiger partial charge in [0.05, 0.1) is 4.90 Å². The minimum absolute atomic E-state index is 0.207. The highest BCUT2D eigenvalue weighted by Gasteiger charge is 2.20. The van der Waals surface area contributed by atoms with E-state index in [1.54, 1.807) is 37.3 Å². The maximum atomic E-state index is 12.2. The van der Waals surface area contributed by atoms with Crippen molar-refractivity contribution in [1.29, 1.82) is 0 Å². The fourth-order valence-electron chi connectivity index (χ4n) is 1.71. The first kappa shape index (κ1) is 15.6. The summed E-state index contributed by atoms with van der Waals surface area (Å²) in [5.41, 5.74) is 0.544. The molecule has 0 bridgehead atoms. The van der Waals surface area contributed by atoms with E-state index in [4.69, 9.17) is 0 Å². The molecule has 0 radical (unpaired) electrons. The summed E-state index contributed by atoms with van der Waals surface area (Å²) in [6.07, 6.45) is 1.71. The second kappa shape index (κ2) is 6.79. The Morgan fingerprint density at radius 1 is 1.33 bits per heavy atom. The van der Waals surface area contributed by atoms with Gasteiger partial charge < -0.3 is 5.32 Å². The Bertz CT molecular complexity index is 725. The Morgan fingerprint density at radius 3 is 2.81 bits per heavy atom. The quantitative estimate of drug-likeness (QED) is 0.762. The number of nitrogens with zero attached hydrogens (tertiary/aromatic N) is 2. The number of sulfonamides is 1. The highest BCUT2D eigenvalue weighted by Crippen LogP contribution is 2.31. The molecular formula is C13H16N4O2S2. The Balaban J connectivity index is 2.40. The predicted molar refractivity (Wildman–Crippen MR) is 84.9 cm³/mol. The van der Waals surface area contributed by atoms with E-state index >= 15 is 0 Å². The first-order valence-corrected chi connectivity index (χ1v) is 8.65. The van der Waals surface area contributed by atoms with Gasteiger partial charge in [-0.3, -0.25) is 0 Å². The van der Waals surface area contributed by atoms with Crippen LogP contribution in [0.5, 0.6) is 0 Å². The van der Waals surface area contributed by atoms with Gasteiger partial charge >= 0.3 is 0 Å². The minimum atomic E-state index is -3.54. The van der Waals surface area contributed by atoms with Crippen LogP contribution in [0, 0.1) is 0 Å². The molecule has 0 saturated carbocycles. The van der Waals surface area contributed by atoms with Crippen molar-refractivity contribution in [3.63, 3.8) is 0 Å². The molecule has 0 amide bonds. The van der Waals surface area contributed by atoms with E-state index in [9.17, 15) is 8.42 Å². The molecule has 0 fully saturated rings. The van der Waals surface area contributed by atoms with Crippen LogP contribution < -0.4 is 10.0 Å². The molecular weight excluding hydrogens is 308 g/mol. The molecule has 1 heterocycles. The number of nitrogens with one attached hydrogen (secondary N) is 2. The zero-order valence-corrected chi connectivity index (χ0v) is 13.2. The van der Waals surface area contributed by atoms with Crippen LogP contribution in [0.15, 0.2) is 41.8 Å². The summed E-state index contributed by atoms with van der Waals surface area (Å²) in [6, 6.07) is 6.75. The van der Waals surface area contributed by atoms with Gasteiger partial charge in [0.25, 0.3) is 0 Å². The number of hydrogen-bond donors (Lipinski definition) is 2. The SMILES string of the molecule is C=CCNc1nnc(-c2ccccc2S(=O)(=O)NCC)s1. The zero-order valence-electron chi connectivity index (χ0n) is 11.5. The van der Waals surface area contributed by atoms with Crippen LogP contribution in [0.25, 0.3) is 10.6 Å². The third kappa shape index (κ3) is 3.66. The molecule has 21 heavy (non-hydrogen) atoms. The highest BCUT2D eigenvalue weighted by atomic mass is 32.2. The molecule has 6 nitrogen and oxygen atoms in total. The smallest absolute Gasteiger partial charge is 0.241 e. The number of anilines is 1. The third-order valence-electron chi connectivity index (χ3n) is 2.56. The van der Waals surface area contributed by atoms with Gasteiger partial charge in [0.2, 0.25) is 15.2 Å². The van der Waals surface area contributed by atoms with Crippen molar-refractivity contribution in [2.75, 3.05) is 18.4 Å². The van der Waals surface area contributed by atoms with Gasteiger partial charge in [0, 0.05) is 18.7 Å². The summed E-state index contributed by atoms with van der Waals surface area (Å²) in [4.78, 5) is 0.207. The van der Waals surface area contributed by atoms with Gasteiger partial charge in [-0.2, -0.15) is 0 Å². The van der Waals surface area contributed by atoms with Gasteiger partial charge in [0.15, 0.2) is 5.01 Å². The summed E-state index contributed by atoms with van der Waals surface area (Å²) in [5.74, 6) is 0. The zero-order chi connectivity index (χ0) is 15.3. The van der Waals surface area contributed by atoms with Gasteiger partial charge in [-0.1, -0.05) is 42.5 Å². The van der Waals surface area contributed by atoms with Crippen molar-refractivity contribution in [2.24, 2.45) is 0 Å². The number of hydrogen-bond acceptors (Lipinski definition) is 6. The van der Waals surface area contributed by atoms with Crippen LogP contribution in [0.1, 0.15) is 6.92 Å². The minimum Gasteiger partial charge on any atom is -0.357 e. The summed E-state index contributed by atoms with van der Waals surface area (Å²) < 4.78 is 26.9.